The van der Waals surface area contributed by atoms with E-state index < -0.39 is 0 Å². The smallest absolute Gasteiger partial charge is 0.135 e. The van der Waals surface area contributed by atoms with E-state index in [0.717, 1.165) is 29.6 Å². The first-order chi connectivity index (χ1) is 7.79. The van der Waals surface area contributed by atoms with Gasteiger partial charge in [0.1, 0.15) is 16.7 Å². The summed E-state index contributed by atoms with van der Waals surface area (Å²) >= 11 is 1.72. The molecule has 1 aromatic heterocycles. The molecule has 1 aliphatic rings. The minimum Gasteiger partial charge on any atom is -0.385 e. The Hall–Kier alpha value is -0.810. The average molecular weight is 239 g/mol. The van der Waals surface area contributed by atoms with Crippen LogP contribution in [0.1, 0.15) is 31.0 Å². The molecule has 0 atom stereocenters. The molecule has 0 amide bonds. The third-order valence-corrected chi connectivity index (χ3v) is 3.42. The fourth-order valence-corrected chi connectivity index (χ4v) is 2.27. The number of rotatable bonds is 6. The molecular weight excluding hydrogens is 222 g/mol. The highest BCUT2D eigenvalue weighted by Crippen LogP contribution is 2.38. The number of ether oxygens (including phenoxy) is 1. The van der Waals surface area contributed by atoms with E-state index in [9.17, 15) is 0 Å². The standard InChI is InChI=1S/C11H17N3OS/c1-15-5-2-6-16-10-7-9(12)13-11(14-10)8-3-4-8/h7-8H,2-6H2,1H3,(H2,12,13,14). The van der Waals surface area contributed by atoms with Gasteiger partial charge in [0.25, 0.3) is 0 Å². The van der Waals surface area contributed by atoms with Gasteiger partial charge in [-0.05, 0) is 19.3 Å². The molecule has 0 aliphatic heterocycles. The van der Waals surface area contributed by atoms with Crippen molar-refractivity contribution in [2.75, 3.05) is 25.2 Å². The van der Waals surface area contributed by atoms with E-state index in [1.165, 1.54) is 12.8 Å². The zero-order chi connectivity index (χ0) is 11.4. The van der Waals surface area contributed by atoms with Crippen molar-refractivity contribution in [2.45, 2.75) is 30.2 Å². The number of nitrogens with zero attached hydrogens (tertiary/aromatic N) is 2. The fraction of sp³-hybridized carbons (Fsp3) is 0.636. The molecule has 0 saturated heterocycles. The first-order valence-corrected chi connectivity index (χ1v) is 6.54. The number of nitrogen functional groups attached to an aromatic ring is 1. The van der Waals surface area contributed by atoms with Gasteiger partial charge in [0, 0.05) is 31.5 Å². The molecule has 4 nitrogen and oxygen atoms in total. The maximum atomic E-state index is 5.77. The number of nitrogens with two attached hydrogens (primary N) is 1. The van der Waals surface area contributed by atoms with Crippen molar-refractivity contribution in [2.24, 2.45) is 0 Å². The van der Waals surface area contributed by atoms with E-state index in [1.54, 1.807) is 18.9 Å². The lowest BCUT2D eigenvalue weighted by Gasteiger charge is -2.04. The van der Waals surface area contributed by atoms with Crippen LogP contribution in [0.15, 0.2) is 11.1 Å². The molecule has 2 rings (SSSR count). The monoisotopic (exact) mass is 239 g/mol. The number of hydrogen-bond acceptors (Lipinski definition) is 5. The fourth-order valence-electron chi connectivity index (χ4n) is 1.44. The summed E-state index contributed by atoms with van der Waals surface area (Å²) in [5.74, 6) is 3.08. The number of methoxy groups -OCH3 is 1. The first-order valence-electron chi connectivity index (χ1n) is 5.56. The second kappa shape index (κ2) is 5.50. The summed E-state index contributed by atoms with van der Waals surface area (Å²) in [6.07, 6.45) is 3.44. The van der Waals surface area contributed by atoms with Crippen molar-refractivity contribution in [1.29, 1.82) is 0 Å². The van der Waals surface area contributed by atoms with Crippen LogP contribution in [-0.4, -0.2) is 29.4 Å². The van der Waals surface area contributed by atoms with Crippen molar-refractivity contribution < 1.29 is 4.74 Å². The molecule has 16 heavy (non-hydrogen) atoms. The molecule has 5 heteroatoms. The lowest BCUT2D eigenvalue weighted by Crippen LogP contribution is -2.00. The summed E-state index contributed by atoms with van der Waals surface area (Å²) in [6.45, 7) is 0.795. The summed E-state index contributed by atoms with van der Waals surface area (Å²) in [6, 6.07) is 1.85. The Bertz CT molecular complexity index is 355. The maximum Gasteiger partial charge on any atom is 0.135 e. The highest BCUT2D eigenvalue weighted by Gasteiger charge is 2.27. The molecule has 88 valence electrons. The highest BCUT2D eigenvalue weighted by atomic mass is 32.2. The summed E-state index contributed by atoms with van der Waals surface area (Å²) in [5.41, 5.74) is 5.77. The Morgan fingerprint density at radius 1 is 1.50 bits per heavy atom. The van der Waals surface area contributed by atoms with Crippen molar-refractivity contribution in [3.05, 3.63) is 11.9 Å². The van der Waals surface area contributed by atoms with E-state index in [-0.39, 0.29) is 0 Å². The second-order valence-corrected chi connectivity index (χ2v) is 5.07. The Morgan fingerprint density at radius 2 is 2.31 bits per heavy atom. The predicted molar refractivity (Wildman–Crippen MR) is 65.6 cm³/mol. The van der Waals surface area contributed by atoms with Crippen LogP contribution in [-0.2, 0) is 4.74 Å². The van der Waals surface area contributed by atoms with Crippen molar-refractivity contribution >= 4 is 17.6 Å². The van der Waals surface area contributed by atoms with Crippen LogP contribution in [0, 0.1) is 0 Å². The summed E-state index contributed by atoms with van der Waals surface area (Å²) in [4.78, 5) is 8.79. The van der Waals surface area contributed by atoms with Gasteiger partial charge in [-0.15, -0.1) is 11.8 Å². The van der Waals surface area contributed by atoms with Crippen LogP contribution in [0.4, 0.5) is 5.82 Å². The van der Waals surface area contributed by atoms with E-state index in [1.807, 2.05) is 6.07 Å². The minimum absolute atomic E-state index is 0.557. The van der Waals surface area contributed by atoms with Crippen LogP contribution < -0.4 is 5.73 Å². The number of anilines is 1. The normalized spacial score (nSPS) is 15.3. The highest BCUT2D eigenvalue weighted by molar-refractivity contribution is 7.99. The van der Waals surface area contributed by atoms with Gasteiger partial charge in [0.15, 0.2) is 0 Å². The largest absolute Gasteiger partial charge is 0.385 e. The number of hydrogen-bond donors (Lipinski definition) is 1. The van der Waals surface area contributed by atoms with Gasteiger partial charge >= 0.3 is 0 Å². The minimum atomic E-state index is 0.557. The summed E-state index contributed by atoms with van der Waals surface area (Å²) in [7, 11) is 1.72. The molecule has 1 aliphatic carbocycles. The quantitative estimate of drug-likeness (QED) is 0.468. The predicted octanol–water partition coefficient (Wildman–Crippen LogP) is 2.06. The first kappa shape index (κ1) is 11.7. The SMILES string of the molecule is COCCCSc1cc(N)nc(C2CC2)n1. The van der Waals surface area contributed by atoms with E-state index >= 15 is 0 Å². The Kier molecular flexibility index (Phi) is 4.01. The summed E-state index contributed by atoms with van der Waals surface area (Å²) in [5, 5.41) is 0.991. The van der Waals surface area contributed by atoms with Crippen LogP contribution >= 0.6 is 11.8 Å². The molecule has 0 aromatic carbocycles. The van der Waals surface area contributed by atoms with Crippen LogP contribution in [0.5, 0.6) is 0 Å². The Labute approximate surface area is 100.0 Å². The van der Waals surface area contributed by atoms with Crippen LogP contribution in [0.2, 0.25) is 0 Å². The van der Waals surface area contributed by atoms with E-state index in [0.29, 0.717) is 11.7 Å². The van der Waals surface area contributed by atoms with Crippen molar-refractivity contribution in [1.82, 2.24) is 9.97 Å². The lowest BCUT2D eigenvalue weighted by atomic mass is 10.4. The topological polar surface area (TPSA) is 61.0 Å². The van der Waals surface area contributed by atoms with Crippen LogP contribution in [0.25, 0.3) is 0 Å². The molecule has 0 spiro atoms. The van der Waals surface area contributed by atoms with Gasteiger partial charge in [0.05, 0.1) is 0 Å². The molecule has 1 fully saturated rings. The molecular formula is C11H17N3OS. The Balaban J connectivity index is 1.92. The Morgan fingerprint density at radius 3 is 3.00 bits per heavy atom. The number of aromatic nitrogens is 2. The van der Waals surface area contributed by atoms with Crippen molar-refractivity contribution in [3.63, 3.8) is 0 Å². The molecule has 2 N–H and O–H groups in total. The van der Waals surface area contributed by atoms with Gasteiger partial charge in [-0.3, -0.25) is 0 Å². The number of thioether (sulfide) groups is 1. The van der Waals surface area contributed by atoms with Gasteiger partial charge < -0.3 is 10.5 Å². The van der Waals surface area contributed by atoms with Crippen molar-refractivity contribution in [3.8, 4) is 0 Å². The van der Waals surface area contributed by atoms with E-state index in [4.69, 9.17) is 10.5 Å². The molecule has 0 unspecified atom stereocenters. The maximum absolute atomic E-state index is 5.77. The van der Waals surface area contributed by atoms with Gasteiger partial charge in [-0.1, -0.05) is 0 Å². The molecule has 0 bridgehead atoms. The molecule has 1 saturated carbocycles. The molecule has 1 aromatic rings. The zero-order valence-electron chi connectivity index (χ0n) is 9.48. The van der Waals surface area contributed by atoms with Crippen LogP contribution in [0.3, 0.4) is 0 Å². The third-order valence-electron chi connectivity index (χ3n) is 2.42. The van der Waals surface area contributed by atoms with Gasteiger partial charge in [-0.2, -0.15) is 0 Å². The van der Waals surface area contributed by atoms with E-state index in [2.05, 4.69) is 9.97 Å². The molecule has 1 heterocycles. The lowest BCUT2D eigenvalue weighted by molar-refractivity contribution is 0.200. The molecule has 0 radical (unpaired) electrons. The third kappa shape index (κ3) is 3.35. The van der Waals surface area contributed by atoms with Gasteiger partial charge in [-0.25, -0.2) is 9.97 Å². The summed E-state index contributed by atoms with van der Waals surface area (Å²) < 4.78 is 5.00. The second-order valence-electron chi connectivity index (χ2n) is 3.96. The average Bonchev–Trinajstić information content (AvgIpc) is 3.07. The zero-order valence-corrected chi connectivity index (χ0v) is 10.3. The van der Waals surface area contributed by atoms with Gasteiger partial charge in [0.2, 0.25) is 0 Å².